The molecule has 0 spiro atoms. The first kappa shape index (κ1) is 7.49. The van der Waals surface area contributed by atoms with Gasteiger partial charge in [-0.3, -0.25) is 0 Å². The number of unbranched alkanes of at least 4 members (excludes halogenated alkanes) is 1. The summed E-state index contributed by atoms with van der Waals surface area (Å²) in [4.78, 5) is 0. The van der Waals surface area contributed by atoms with Crippen molar-refractivity contribution < 1.29 is 3.79 Å². The van der Waals surface area contributed by atoms with Crippen LogP contribution < -0.4 is 0 Å². The predicted octanol–water partition coefficient (Wildman–Crippen LogP) is 1.20. The second kappa shape index (κ2) is 6.49. The van der Waals surface area contributed by atoms with Crippen LogP contribution in [0.25, 0.3) is 0 Å². The van der Waals surface area contributed by atoms with Gasteiger partial charge in [0.05, 0.1) is 0 Å². The van der Waals surface area contributed by atoms with Crippen LogP contribution in [-0.2, 0) is 3.79 Å². The van der Waals surface area contributed by atoms with E-state index < -0.39 is 0 Å². The lowest BCUT2D eigenvalue weighted by molar-refractivity contribution is 0.439. The van der Waals surface area contributed by atoms with Crippen molar-refractivity contribution in [2.45, 2.75) is 25.0 Å². The molecule has 0 aromatic rings. The molecule has 0 rings (SSSR count). The fourth-order valence-electron chi connectivity index (χ4n) is 0.496. The van der Waals surface area contributed by atoms with Crippen molar-refractivity contribution in [3.05, 3.63) is 0 Å². The Kier molecular flexibility index (Phi) is 6.95. The zero-order valence-corrected chi connectivity index (χ0v) is 6.65. The summed E-state index contributed by atoms with van der Waals surface area (Å²) < 4.78 is 4.98. The highest BCUT2D eigenvalue weighted by molar-refractivity contribution is 6.26. The fourth-order valence-corrected chi connectivity index (χ4v) is 1.49. The Hall–Kier alpha value is 0.492. The summed E-state index contributed by atoms with van der Waals surface area (Å²) in [7, 11) is 1.81. The minimum absolute atomic E-state index is 0.0893. The molecule has 0 unspecified atom stereocenters. The molecule has 0 N–H and O–H groups in total. The fraction of sp³-hybridized carbons (Fsp3) is 1.00. The highest BCUT2D eigenvalue weighted by Gasteiger charge is 1.87. The normalized spacial score (nSPS) is 8.86. The molecule has 0 fully saturated rings. The van der Waals surface area contributed by atoms with Crippen molar-refractivity contribution in [3.63, 3.8) is 0 Å². The highest BCUT2D eigenvalue weighted by Crippen LogP contribution is 1.91. The Labute approximate surface area is 52.1 Å². The van der Waals surface area contributed by atoms with E-state index in [0.29, 0.717) is 0 Å². The van der Waals surface area contributed by atoms with Gasteiger partial charge in [-0.1, -0.05) is 25.0 Å². The minimum Gasteiger partial charge on any atom is -0.506 e. The Bertz CT molecular complexity index is 27.3. The van der Waals surface area contributed by atoms with E-state index in [1.807, 2.05) is 7.11 Å². The quantitative estimate of drug-likeness (QED) is 0.396. The highest BCUT2D eigenvalue weighted by atomic mass is 27.1. The zero-order chi connectivity index (χ0) is 5.54. The molecule has 0 aliphatic heterocycles. The van der Waals surface area contributed by atoms with Crippen LogP contribution in [0.15, 0.2) is 0 Å². The molecule has 0 amide bonds. The summed E-state index contributed by atoms with van der Waals surface area (Å²) in [5.41, 5.74) is 0. The molecule has 0 aliphatic carbocycles. The van der Waals surface area contributed by atoms with Gasteiger partial charge in [0.2, 0.25) is 0 Å². The molecule has 0 radical (unpaired) electrons. The number of rotatable bonds is 4. The van der Waals surface area contributed by atoms with Crippen LogP contribution in [0.4, 0.5) is 0 Å². The molecule has 0 aliphatic rings. The lowest BCUT2D eigenvalue weighted by atomic mass is 10.4. The average molecular weight is 116 g/mol. The van der Waals surface area contributed by atoms with Crippen LogP contribution in [0, 0.1) is 0 Å². The number of hydrogen-bond donors (Lipinski definition) is 0. The summed E-state index contributed by atoms with van der Waals surface area (Å²) in [5, 5.41) is 1.35. The summed E-state index contributed by atoms with van der Waals surface area (Å²) in [6, 6.07) is 0. The third-order valence-corrected chi connectivity index (χ3v) is 2.15. The molecule has 0 heterocycles. The molecule has 7 heavy (non-hydrogen) atoms. The minimum atomic E-state index is -0.0893. The molecule has 1 nitrogen and oxygen atoms in total. The van der Waals surface area contributed by atoms with Crippen LogP contribution in [0.2, 0.25) is 5.28 Å². The summed E-state index contributed by atoms with van der Waals surface area (Å²) in [6.45, 7) is 2.21. The second-order valence-electron chi connectivity index (χ2n) is 1.70. The van der Waals surface area contributed by atoms with E-state index in [2.05, 4.69) is 6.92 Å². The van der Waals surface area contributed by atoms with E-state index in [4.69, 9.17) is 3.79 Å². The van der Waals surface area contributed by atoms with Gasteiger partial charge in [-0.2, -0.15) is 0 Å². The molecular weight excluding hydrogens is 103 g/mol. The maximum Gasteiger partial charge on any atom is 0.435 e. The van der Waals surface area contributed by atoms with Gasteiger partial charge >= 0.3 is 15.6 Å². The maximum absolute atomic E-state index is 4.98. The molecule has 0 bridgehead atoms. The molecule has 42 valence electrons. The molecule has 0 atom stereocenters. The van der Waals surface area contributed by atoms with Crippen molar-refractivity contribution in [2.75, 3.05) is 7.11 Å². The van der Waals surface area contributed by atoms with Crippen molar-refractivity contribution in [1.82, 2.24) is 0 Å². The van der Waals surface area contributed by atoms with Crippen LogP contribution >= 0.6 is 0 Å². The van der Waals surface area contributed by atoms with E-state index >= 15 is 0 Å². The summed E-state index contributed by atoms with van der Waals surface area (Å²) in [5.74, 6) is 0. The first-order valence-electron chi connectivity index (χ1n) is 2.90. The summed E-state index contributed by atoms with van der Waals surface area (Å²) >= 11 is -0.0893. The Morgan fingerprint density at radius 1 is 1.57 bits per heavy atom. The van der Waals surface area contributed by atoms with Gasteiger partial charge in [-0.25, -0.2) is 0 Å². The van der Waals surface area contributed by atoms with Crippen LogP contribution in [0.5, 0.6) is 0 Å². The lowest BCUT2D eigenvalue weighted by Crippen LogP contribution is -1.90. The van der Waals surface area contributed by atoms with Gasteiger partial charge in [0.25, 0.3) is 0 Å². The van der Waals surface area contributed by atoms with Crippen LogP contribution in [0.1, 0.15) is 19.8 Å². The monoisotopic (exact) mass is 116 g/mol. The van der Waals surface area contributed by atoms with Crippen LogP contribution in [-0.4, -0.2) is 22.7 Å². The predicted molar refractivity (Wildman–Crippen MR) is 33.9 cm³/mol. The van der Waals surface area contributed by atoms with Gasteiger partial charge in [0.15, 0.2) is 0 Å². The van der Waals surface area contributed by atoms with E-state index in [9.17, 15) is 0 Å². The Balaban J connectivity index is 2.45. The Morgan fingerprint density at radius 2 is 2.29 bits per heavy atom. The lowest BCUT2D eigenvalue weighted by Gasteiger charge is -1.89. The largest absolute Gasteiger partial charge is 0.506 e. The van der Waals surface area contributed by atoms with E-state index in [0.717, 1.165) is 0 Å². The summed E-state index contributed by atoms with van der Waals surface area (Å²) in [6.07, 6.45) is 2.68. The standard InChI is InChI=1S/C4H9.CH3O.Al.H/c1-3-4-2;1-2;;/h1,3-4H2,2H3;1H3;;/q;-1;+1;. The molecule has 0 saturated carbocycles. The first-order chi connectivity index (χ1) is 3.41. The van der Waals surface area contributed by atoms with Gasteiger partial charge in [-0.15, -0.1) is 0 Å². The molecule has 2 heteroatoms. The SMILES string of the molecule is CCC[CH2][AlH][O]C. The van der Waals surface area contributed by atoms with Gasteiger partial charge < -0.3 is 3.79 Å². The Morgan fingerprint density at radius 3 is 2.71 bits per heavy atom. The maximum atomic E-state index is 4.98. The van der Waals surface area contributed by atoms with E-state index in [-0.39, 0.29) is 15.6 Å². The smallest absolute Gasteiger partial charge is 0.435 e. The zero-order valence-electron chi connectivity index (χ0n) is 5.24. The number of hydrogen-bond acceptors (Lipinski definition) is 1. The van der Waals surface area contributed by atoms with Crippen molar-refractivity contribution in [2.24, 2.45) is 0 Å². The van der Waals surface area contributed by atoms with Gasteiger partial charge in [0.1, 0.15) is 0 Å². The van der Waals surface area contributed by atoms with Crippen molar-refractivity contribution in [3.8, 4) is 0 Å². The topological polar surface area (TPSA) is 9.23 Å². The van der Waals surface area contributed by atoms with Crippen LogP contribution in [0.3, 0.4) is 0 Å². The van der Waals surface area contributed by atoms with Gasteiger partial charge in [0, 0.05) is 7.11 Å². The van der Waals surface area contributed by atoms with E-state index in [1.54, 1.807) is 0 Å². The van der Waals surface area contributed by atoms with Crippen molar-refractivity contribution in [1.29, 1.82) is 0 Å². The third kappa shape index (κ3) is 6.49. The molecule has 0 saturated heterocycles. The molecule has 0 aromatic carbocycles. The third-order valence-electron chi connectivity index (χ3n) is 0.952. The van der Waals surface area contributed by atoms with Crippen molar-refractivity contribution >= 4 is 15.6 Å². The first-order valence-corrected chi connectivity index (χ1v) is 4.48. The second-order valence-corrected chi connectivity index (χ2v) is 3.39. The molecular formula is C5H13AlO. The average Bonchev–Trinajstić information content (AvgIpc) is 1.69. The van der Waals surface area contributed by atoms with Gasteiger partial charge in [-0.05, 0) is 0 Å². The molecule has 0 aromatic heterocycles. The van der Waals surface area contributed by atoms with E-state index in [1.165, 1.54) is 18.1 Å².